The second-order valence-corrected chi connectivity index (χ2v) is 15.4. The summed E-state index contributed by atoms with van der Waals surface area (Å²) in [6.45, 7) is 0. The average molecular weight is 917 g/mol. The van der Waals surface area contributed by atoms with Gasteiger partial charge in [0.25, 0.3) is 0 Å². The molecule has 4 aromatic carbocycles. The zero-order chi connectivity index (χ0) is 47.1. The van der Waals surface area contributed by atoms with Crippen LogP contribution in [0.4, 0.5) is 0 Å². The third-order valence-corrected chi connectivity index (χ3v) is 11.7. The summed E-state index contributed by atoms with van der Waals surface area (Å²) in [7, 11) is 11.3. The number of carbonyl (C=O) groups is 4. The van der Waals surface area contributed by atoms with Gasteiger partial charge in [0.1, 0.15) is 80.5 Å². The van der Waals surface area contributed by atoms with Gasteiger partial charge in [-0.3, -0.25) is 0 Å². The Hall–Kier alpha value is -6.92. The summed E-state index contributed by atoms with van der Waals surface area (Å²) in [5, 5.41) is 0. The molecule has 7 rings (SSSR count). The van der Waals surface area contributed by atoms with E-state index in [4.69, 9.17) is 66.3 Å². The van der Waals surface area contributed by atoms with E-state index >= 15 is 0 Å². The van der Waals surface area contributed by atoms with Crippen LogP contribution in [0.15, 0.2) is 72.8 Å². The van der Waals surface area contributed by atoms with Crippen molar-refractivity contribution >= 4 is 23.9 Å². The minimum absolute atomic E-state index is 0.0280. The van der Waals surface area contributed by atoms with Crippen molar-refractivity contribution in [3.63, 3.8) is 0 Å². The lowest BCUT2D eigenvalue weighted by Gasteiger charge is -2.44. The number of esters is 4. The van der Waals surface area contributed by atoms with E-state index in [1.807, 2.05) is 0 Å². The first-order chi connectivity index (χ1) is 31.9. The fourth-order valence-electron chi connectivity index (χ4n) is 8.39. The molecular weight excluding hydrogens is 865 g/mol. The van der Waals surface area contributed by atoms with E-state index in [-0.39, 0.29) is 45.3 Å². The summed E-state index contributed by atoms with van der Waals surface area (Å²) in [6, 6.07) is 17.8. The number of hydrogen-bond acceptors (Lipinski definition) is 18. The third kappa shape index (κ3) is 9.55. The molecule has 4 aromatic rings. The van der Waals surface area contributed by atoms with Gasteiger partial charge in [-0.05, 0) is 61.4 Å². The van der Waals surface area contributed by atoms with Gasteiger partial charge in [-0.25, -0.2) is 19.2 Å². The summed E-state index contributed by atoms with van der Waals surface area (Å²) in [4.78, 5) is 58.3. The lowest BCUT2D eigenvalue weighted by atomic mass is 9.84. The molecule has 0 amide bonds. The number of methoxy groups -OCH3 is 8. The Bertz CT molecular complexity index is 2250. The number of rotatable bonds is 16. The van der Waals surface area contributed by atoms with Gasteiger partial charge in [-0.1, -0.05) is 6.42 Å². The third-order valence-electron chi connectivity index (χ3n) is 11.7. The predicted molar refractivity (Wildman–Crippen MR) is 231 cm³/mol. The first kappa shape index (κ1) is 47.1. The molecule has 1 spiro atoms. The molecular formula is C48H52O18. The normalized spacial score (nSPS) is 21.6. The summed E-state index contributed by atoms with van der Waals surface area (Å²) in [5.74, 6) is -3.26. The number of fused-ring (bicyclic) bond motifs is 1. The van der Waals surface area contributed by atoms with Crippen molar-refractivity contribution < 1.29 is 85.5 Å². The summed E-state index contributed by atoms with van der Waals surface area (Å²) >= 11 is 0. The highest BCUT2D eigenvalue weighted by Crippen LogP contribution is 2.48. The highest BCUT2D eigenvalue weighted by atomic mass is 16.8. The molecule has 0 N–H and O–H groups in total. The molecule has 3 fully saturated rings. The van der Waals surface area contributed by atoms with Crippen LogP contribution in [0.3, 0.4) is 0 Å². The molecule has 0 bridgehead atoms. The van der Waals surface area contributed by atoms with Crippen LogP contribution in [0.1, 0.15) is 73.5 Å². The first-order valence-electron chi connectivity index (χ1n) is 21.0. The van der Waals surface area contributed by atoms with Crippen LogP contribution in [0.2, 0.25) is 0 Å². The Kier molecular flexibility index (Phi) is 14.6. The first-order valence-corrected chi connectivity index (χ1v) is 21.0. The Balaban J connectivity index is 1.41. The Morgan fingerprint density at radius 3 is 0.924 bits per heavy atom. The molecule has 1 aliphatic heterocycles. The number of ether oxygens (including phenoxy) is 14. The van der Waals surface area contributed by atoms with Gasteiger partial charge in [0.15, 0.2) is 30.2 Å². The lowest BCUT2D eigenvalue weighted by Crippen LogP contribution is -2.66. The van der Waals surface area contributed by atoms with E-state index in [1.54, 1.807) is 0 Å². The molecule has 1 saturated heterocycles. The molecule has 0 radical (unpaired) electrons. The molecule has 2 aliphatic carbocycles. The predicted octanol–water partition coefficient (Wildman–Crippen LogP) is 6.42. The zero-order valence-corrected chi connectivity index (χ0v) is 37.8. The smallest absolute Gasteiger partial charge is 0.342 e. The fraction of sp³-hybridized carbons (Fsp3) is 0.417. The van der Waals surface area contributed by atoms with Crippen molar-refractivity contribution in [2.75, 3.05) is 56.9 Å². The topological polar surface area (TPSA) is 197 Å². The van der Waals surface area contributed by atoms with Gasteiger partial charge >= 0.3 is 23.9 Å². The second-order valence-electron chi connectivity index (χ2n) is 15.4. The van der Waals surface area contributed by atoms with Crippen molar-refractivity contribution in [3.05, 3.63) is 95.1 Å². The van der Waals surface area contributed by atoms with Gasteiger partial charge in [0.05, 0.1) is 56.9 Å². The Labute approximate surface area is 381 Å². The highest BCUT2D eigenvalue weighted by Gasteiger charge is 2.66. The molecule has 0 unspecified atom stereocenters. The molecule has 1 heterocycles. The Morgan fingerprint density at radius 2 is 0.667 bits per heavy atom. The largest absolute Gasteiger partial charge is 0.497 e. The number of benzene rings is 4. The number of hydrogen-bond donors (Lipinski definition) is 0. The summed E-state index contributed by atoms with van der Waals surface area (Å²) in [6.07, 6.45) is -6.23. The van der Waals surface area contributed by atoms with Crippen LogP contribution in [-0.4, -0.2) is 123 Å². The molecule has 66 heavy (non-hydrogen) atoms. The van der Waals surface area contributed by atoms with E-state index in [0.717, 1.165) is 6.42 Å². The standard InChI is InChI=1S/C48H52O18/c1-53-26-12-16-30(34(22-26)57-5)44(49)61-38-39(62-45(50)31-17-13-27(54-2)23-35(31)58-6)41(64-47(52)33-19-15-29(56-4)25-37(33)60-8)43-42(65-48(66-43)20-10-9-11-21-48)40(38)63-46(51)32-18-14-28(55-3)24-36(32)59-7/h12-19,22-25,38-43H,9-11,20-21H2,1-8H3/t38-,39+,40+,41-,42-,43+. The van der Waals surface area contributed by atoms with Crippen LogP contribution in [-0.2, 0) is 28.4 Å². The quantitative estimate of drug-likeness (QED) is 0.0881. The van der Waals surface area contributed by atoms with Crippen molar-refractivity contribution in [2.24, 2.45) is 0 Å². The average Bonchev–Trinajstić information content (AvgIpc) is 3.72. The molecule has 3 aliphatic rings. The van der Waals surface area contributed by atoms with Gasteiger partial charge in [-0.15, -0.1) is 0 Å². The van der Waals surface area contributed by atoms with Crippen LogP contribution in [0, 0.1) is 0 Å². The van der Waals surface area contributed by atoms with Crippen LogP contribution >= 0.6 is 0 Å². The van der Waals surface area contributed by atoms with Crippen molar-refractivity contribution in [1.29, 1.82) is 0 Å². The zero-order valence-electron chi connectivity index (χ0n) is 37.8. The number of carbonyl (C=O) groups excluding carboxylic acids is 4. The fourth-order valence-corrected chi connectivity index (χ4v) is 8.39. The van der Waals surface area contributed by atoms with Crippen molar-refractivity contribution in [3.8, 4) is 46.0 Å². The monoisotopic (exact) mass is 916 g/mol. The van der Waals surface area contributed by atoms with E-state index in [2.05, 4.69) is 0 Å². The lowest BCUT2D eigenvalue weighted by molar-refractivity contribution is -0.203. The summed E-state index contributed by atoms with van der Waals surface area (Å²) < 4.78 is 82.8. The van der Waals surface area contributed by atoms with Gasteiger partial charge in [0, 0.05) is 37.1 Å². The minimum Gasteiger partial charge on any atom is -0.497 e. The SMILES string of the molecule is COc1ccc(C(=O)O[C@@H]2[C@H](OC(=O)c3ccc(OC)cc3OC)[C@@H](OC(=O)c3ccc(OC)cc3OC)[C@@H]3OC4(CCCCC4)O[C@@H]3[C@H]2OC(=O)c2ccc(OC)cc2OC)c(OC)c1. The molecule has 0 aromatic heterocycles. The summed E-state index contributed by atoms with van der Waals surface area (Å²) in [5.41, 5.74) is -0.208. The van der Waals surface area contributed by atoms with Gasteiger partial charge in [0.2, 0.25) is 0 Å². The van der Waals surface area contributed by atoms with Crippen molar-refractivity contribution in [2.45, 2.75) is 74.5 Å². The van der Waals surface area contributed by atoms with Gasteiger partial charge in [-0.2, -0.15) is 0 Å². The van der Waals surface area contributed by atoms with Crippen LogP contribution < -0.4 is 37.9 Å². The Morgan fingerprint density at radius 1 is 0.394 bits per heavy atom. The maximum Gasteiger partial charge on any atom is 0.342 e. The minimum atomic E-state index is -1.79. The van der Waals surface area contributed by atoms with Crippen molar-refractivity contribution in [1.82, 2.24) is 0 Å². The molecule has 2 saturated carbocycles. The van der Waals surface area contributed by atoms with E-state index < -0.39 is 66.3 Å². The van der Waals surface area contributed by atoms with Crippen LogP contribution in [0.5, 0.6) is 46.0 Å². The van der Waals surface area contributed by atoms with Crippen LogP contribution in [0.25, 0.3) is 0 Å². The second kappa shape index (κ2) is 20.5. The molecule has 18 nitrogen and oxygen atoms in total. The molecule has 6 atom stereocenters. The maximum absolute atomic E-state index is 14.6. The highest BCUT2D eigenvalue weighted by molar-refractivity contribution is 5.95. The maximum atomic E-state index is 14.6. The van der Waals surface area contributed by atoms with E-state index in [0.29, 0.717) is 48.7 Å². The molecule has 18 heteroatoms. The molecule has 352 valence electrons. The van der Waals surface area contributed by atoms with E-state index in [9.17, 15) is 19.2 Å². The van der Waals surface area contributed by atoms with E-state index in [1.165, 1.54) is 130 Å². The van der Waals surface area contributed by atoms with Gasteiger partial charge < -0.3 is 66.3 Å².